The number of halogens is 1. The number of allylic oxidation sites excluding steroid dienone is 2. The number of carbonyl (C=O) groups excluding carboxylic acids is 3. The predicted octanol–water partition coefficient (Wildman–Crippen LogP) is 3.56. The van der Waals surface area contributed by atoms with Crippen molar-refractivity contribution in [3.05, 3.63) is 87.8 Å². The molecule has 1 fully saturated rings. The van der Waals surface area contributed by atoms with E-state index >= 15 is 0 Å². The molecular formula is C21H16ClN3O3S2. The topological polar surface area (TPSA) is 78.5 Å². The zero-order chi connectivity index (χ0) is 21.5. The van der Waals surface area contributed by atoms with Crippen molar-refractivity contribution in [2.75, 3.05) is 6.54 Å². The van der Waals surface area contributed by atoms with Crippen LogP contribution in [0.15, 0.2) is 71.7 Å². The van der Waals surface area contributed by atoms with E-state index in [4.69, 9.17) is 23.8 Å². The van der Waals surface area contributed by atoms with Gasteiger partial charge in [-0.2, -0.15) is 0 Å². The molecule has 3 rings (SSSR count). The van der Waals surface area contributed by atoms with Crippen LogP contribution >= 0.6 is 35.6 Å². The van der Waals surface area contributed by atoms with Gasteiger partial charge < -0.3 is 0 Å². The molecule has 0 unspecified atom stereocenters. The molecule has 0 saturated carbocycles. The molecule has 6 nitrogen and oxygen atoms in total. The van der Waals surface area contributed by atoms with Crippen molar-refractivity contribution < 1.29 is 14.4 Å². The highest BCUT2D eigenvalue weighted by molar-refractivity contribution is 8.26. The van der Waals surface area contributed by atoms with Crippen molar-refractivity contribution in [2.45, 2.75) is 0 Å². The third-order valence-corrected chi connectivity index (χ3v) is 5.58. The highest BCUT2D eigenvalue weighted by Crippen LogP contribution is 2.30. The molecule has 2 N–H and O–H groups in total. The van der Waals surface area contributed by atoms with Gasteiger partial charge in [-0.3, -0.25) is 30.1 Å². The minimum Gasteiger partial charge on any atom is -0.283 e. The lowest BCUT2D eigenvalue weighted by Crippen LogP contribution is -2.47. The molecule has 0 aliphatic carbocycles. The maximum atomic E-state index is 12.5. The fourth-order valence-corrected chi connectivity index (χ4v) is 3.78. The predicted molar refractivity (Wildman–Crippen MR) is 123 cm³/mol. The summed E-state index contributed by atoms with van der Waals surface area (Å²) in [4.78, 5) is 38.3. The molecule has 0 atom stereocenters. The second-order valence-electron chi connectivity index (χ2n) is 6.07. The molecular weight excluding hydrogens is 442 g/mol. The summed E-state index contributed by atoms with van der Waals surface area (Å²) < 4.78 is 0.276. The molecule has 1 aliphatic heterocycles. The van der Waals surface area contributed by atoms with Crippen LogP contribution in [-0.4, -0.2) is 33.5 Å². The zero-order valence-corrected chi connectivity index (χ0v) is 17.9. The number of amides is 3. The standard InChI is InChI=1S/C21H16ClN3O3S2/c22-16-11-9-15(10-12-16)19(27)24-23-18(26)13-25-20(28)17(30-21(25)29)8-4-7-14-5-2-1-3-6-14/h1-12H,13H2,(H,23,26)(H,24,27). The fourth-order valence-electron chi connectivity index (χ4n) is 2.44. The van der Waals surface area contributed by atoms with E-state index in [1.54, 1.807) is 24.3 Å². The Bertz CT molecular complexity index is 1040. The van der Waals surface area contributed by atoms with Crippen LogP contribution in [0.5, 0.6) is 0 Å². The van der Waals surface area contributed by atoms with Gasteiger partial charge in [0, 0.05) is 10.6 Å². The molecule has 9 heteroatoms. The first-order valence-corrected chi connectivity index (χ1v) is 10.4. The fraction of sp³-hybridized carbons (Fsp3) is 0.0476. The van der Waals surface area contributed by atoms with Gasteiger partial charge >= 0.3 is 0 Å². The molecule has 2 aromatic rings. The number of thioether (sulfide) groups is 1. The van der Waals surface area contributed by atoms with E-state index in [1.807, 2.05) is 36.4 Å². The smallest absolute Gasteiger partial charge is 0.269 e. The van der Waals surface area contributed by atoms with E-state index in [1.165, 1.54) is 17.0 Å². The van der Waals surface area contributed by atoms with E-state index in [9.17, 15) is 14.4 Å². The summed E-state index contributed by atoms with van der Waals surface area (Å²) in [6.45, 7) is -0.300. The average Bonchev–Trinajstić information content (AvgIpc) is 3.01. The summed E-state index contributed by atoms with van der Waals surface area (Å²) >= 11 is 12.1. The van der Waals surface area contributed by atoms with Crippen LogP contribution in [0.1, 0.15) is 15.9 Å². The number of thiocarbonyl (C=S) groups is 1. The van der Waals surface area contributed by atoms with Gasteiger partial charge in [-0.1, -0.05) is 78.1 Å². The van der Waals surface area contributed by atoms with Crippen molar-refractivity contribution in [2.24, 2.45) is 0 Å². The Morgan fingerprint density at radius 1 is 1.07 bits per heavy atom. The first-order valence-electron chi connectivity index (χ1n) is 8.76. The second kappa shape index (κ2) is 10.2. The number of rotatable bonds is 5. The number of nitrogens with one attached hydrogen (secondary N) is 2. The highest BCUT2D eigenvalue weighted by Gasteiger charge is 2.33. The van der Waals surface area contributed by atoms with Gasteiger partial charge in [-0.25, -0.2) is 0 Å². The van der Waals surface area contributed by atoms with Gasteiger partial charge in [0.1, 0.15) is 10.9 Å². The lowest BCUT2D eigenvalue weighted by molar-refractivity contribution is -0.129. The molecule has 0 aromatic heterocycles. The van der Waals surface area contributed by atoms with Crippen molar-refractivity contribution >= 4 is 63.7 Å². The van der Waals surface area contributed by atoms with Gasteiger partial charge in [0.15, 0.2) is 0 Å². The molecule has 0 radical (unpaired) electrons. The number of benzene rings is 2. The van der Waals surface area contributed by atoms with Gasteiger partial charge in [0.05, 0.1) is 4.91 Å². The van der Waals surface area contributed by atoms with Crippen LogP contribution in [0, 0.1) is 0 Å². The van der Waals surface area contributed by atoms with Crippen LogP contribution < -0.4 is 10.9 Å². The monoisotopic (exact) mass is 457 g/mol. The molecule has 0 bridgehead atoms. The van der Waals surface area contributed by atoms with E-state index < -0.39 is 11.8 Å². The van der Waals surface area contributed by atoms with Crippen LogP contribution in [0.4, 0.5) is 0 Å². The SMILES string of the molecule is O=C(CN1C(=O)C(=CC=Cc2ccccc2)SC1=S)NNC(=O)c1ccc(Cl)cc1. The summed E-state index contributed by atoms with van der Waals surface area (Å²) in [6, 6.07) is 15.8. The second-order valence-corrected chi connectivity index (χ2v) is 8.18. The van der Waals surface area contributed by atoms with Gasteiger partial charge in [0.25, 0.3) is 17.7 Å². The Morgan fingerprint density at radius 2 is 1.77 bits per heavy atom. The number of carbonyl (C=O) groups is 3. The molecule has 3 amide bonds. The molecule has 30 heavy (non-hydrogen) atoms. The Hall–Kier alpha value is -2.94. The first-order chi connectivity index (χ1) is 14.4. The Balaban J connectivity index is 1.53. The minimum absolute atomic E-state index is 0.276. The Morgan fingerprint density at radius 3 is 2.47 bits per heavy atom. The number of hydrogen-bond acceptors (Lipinski definition) is 5. The Labute approximate surface area is 187 Å². The lowest BCUT2D eigenvalue weighted by atomic mass is 10.2. The highest BCUT2D eigenvalue weighted by atomic mass is 35.5. The quantitative estimate of drug-likeness (QED) is 0.408. The summed E-state index contributed by atoms with van der Waals surface area (Å²) in [5, 5.41) is 0.497. The zero-order valence-electron chi connectivity index (χ0n) is 15.5. The largest absolute Gasteiger partial charge is 0.283 e. The van der Waals surface area contributed by atoms with E-state index in [-0.39, 0.29) is 16.8 Å². The Kier molecular flexibility index (Phi) is 7.40. The van der Waals surface area contributed by atoms with E-state index in [0.717, 1.165) is 17.3 Å². The molecule has 2 aromatic carbocycles. The number of hydrogen-bond donors (Lipinski definition) is 2. The normalized spacial score (nSPS) is 15.1. The molecule has 152 valence electrons. The van der Waals surface area contributed by atoms with Gasteiger partial charge in [-0.15, -0.1) is 0 Å². The first kappa shape index (κ1) is 21.8. The van der Waals surface area contributed by atoms with Gasteiger partial charge in [0.2, 0.25) is 0 Å². The summed E-state index contributed by atoms with van der Waals surface area (Å²) in [6.07, 6.45) is 5.28. The molecule has 1 heterocycles. The van der Waals surface area contributed by atoms with Crippen molar-refractivity contribution in [3.8, 4) is 0 Å². The summed E-state index contributed by atoms with van der Waals surface area (Å²) in [7, 11) is 0. The maximum Gasteiger partial charge on any atom is 0.269 e. The minimum atomic E-state index is -0.574. The third kappa shape index (κ3) is 5.79. The van der Waals surface area contributed by atoms with Crippen molar-refractivity contribution in [3.63, 3.8) is 0 Å². The third-order valence-electron chi connectivity index (χ3n) is 3.93. The maximum absolute atomic E-state index is 12.5. The van der Waals surface area contributed by atoms with Crippen LogP contribution in [0.2, 0.25) is 5.02 Å². The number of hydrazine groups is 1. The van der Waals surface area contributed by atoms with Crippen LogP contribution in [-0.2, 0) is 9.59 Å². The van der Waals surface area contributed by atoms with Gasteiger partial charge in [-0.05, 0) is 35.9 Å². The van der Waals surface area contributed by atoms with Crippen molar-refractivity contribution in [1.29, 1.82) is 0 Å². The molecule has 0 spiro atoms. The lowest BCUT2D eigenvalue weighted by Gasteiger charge is -2.14. The number of nitrogens with zero attached hydrogens (tertiary/aromatic N) is 1. The van der Waals surface area contributed by atoms with E-state index in [0.29, 0.717) is 15.5 Å². The summed E-state index contributed by atoms with van der Waals surface area (Å²) in [5.74, 6) is -1.44. The van der Waals surface area contributed by atoms with E-state index in [2.05, 4.69) is 10.9 Å². The molecule has 1 saturated heterocycles. The molecule has 1 aliphatic rings. The van der Waals surface area contributed by atoms with Crippen molar-refractivity contribution in [1.82, 2.24) is 15.8 Å². The van der Waals surface area contributed by atoms with Crippen LogP contribution in [0.3, 0.4) is 0 Å². The van der Waals surface area contributed by atoms with Crippen LogP contribution in [0.25, 0.3) is 6.08 Å². The average molecular weight is 458 g/mol. The summed E-state index contributed by atoms with van der Waals surface area (Å²) in [5.41, 5.74) is 5.90.